The molecule has 0 saturated carbocycles. The van der Waals surface area contributed by atoms with E-state index in [0.717, 1.165) is 10.0 Å². The number of nitrogens with zero attached hydrogens (tertiary/aromatic N) is 1. The fourth-order valence-electron chi connectivity index (χ4n) is 1.81. The summed E-state index contributed by atoms with van der Waals surface area (Å²) >= 11 is 3.33. The molecule has 1 rings (SSSR count). The van der Waals surface area contributed by atoms with Crippen molar-refractivity contribution in [3.63, 3.8) is 0 Å². The van der Waals surface area contributed by atoms with Gasteiger partial charge in [0.1, 0.15) is 5.67 Å². The lowest BCUT2D eigenvalue weighted by Crippen LogP contribution is -2.32. The average molecular weight is 305 g/mol. The highest BCUT2D eigenvalue weighted by Crippen LogP contribution is 2.25. The highest BCUT2D eigenvalue weighted by atomic mass is 79.9. The van der Waals surface area contributed by atoms with Crippen LogP contribution in [0.4, 0.5) is 4.39 Å². The fourth-order valence-corrected chi connectivity index (χ4v) is 2.22. The van der Waals surface area contributed by atoms with Crippen molar-refractivity contribution in [2.24, 2.45) is 5.73 Å². The van der Waals surface area contributed by atoms with Gasteiger partial charge < -0.3 is 10.5 Å². The molecular formula is C12H18BrFN2O. The Balaban J connectivity index is 2.71. The van der Waals surface area contributed by atoms with Gasteiger partial charge >= 0.3 is 0 Å². The first-order valence-electron chi connectivity index (χ1n) is 5.57. The minimum Gasteiger partial charge on any atom is -0.381 e. The van der Waals surface area contributed by atoms with Gasteiger partial charge in [0.25, 0.3) is 0 Å². The van der Waals surface area contributed by atoms with Crippen LogP contribution in [0.25, 0.3) is 0 Å². The zero-order valence-corrected chi connectivity index (χ0v) is 11.5. The number of alkyl halides is 1. The SMILES string of the molecule is COCC(F)(CCCN)Cc1cncc(Br)c1. The molecule has 1 aromatic heterocycles. The minimum atomic E-state index is -1.36. The third kappa shape index (κ3) is 5.10. The van der Waals surface area contributed by atoms with Gasteiger partial charge in [0.15, 0.2) is 0 Å². The molecule has 96 valence electrons. The smallest absolute Gasteiger partial charge is 0.138 e. The summed E-state index contributed by atoms with van der Waals surface area (Å²) in [6.45, 7) is 0.575. The van der Waals surface area contributed by atoms with Crippen LogP contribution in [-0.4, -0.2) is 30.9 Å². The number of hydrogen-bond acceptors (Lipinski definition) is 3. The van der Waals surface area contributed by atoms with E-state index in [1.54, 1.807) is 12.4 Å². The molecule has 1 heterocycles. The normalized spacial score (nSPS) is 14.6. The van der Waals surface area contributed by atoms with Crippen molar-refractivity contribution in [3.05, 3.63) is 28.5 Å². The van der Waals surface area contributed by atoms with Gasteiger partial charge in [-0.2, -0.15) is 0 Å². The van der Waals surface area contributed by atoms with Crippen molar-refractivity contribution in [2.75, 3.05) is 20.3 Å². The van der Waals surface area contributed by atoms with Crippen LogP contribution >= 0.6 is 15.9 Å². The number of ether oxygens (including phenoxy) is 1. The van der Waals surface area contributed by atoms with Crippen LogP contribution in [0.5, 0.6) is 0 Å². The first-order valence-corrected chi connectivity index (χ1v) is 6.36. The van der Waals surface area contributed by atoms with Crippen molar-refractivity contribution in [1.29, 1.82) is 0 Å². The highest BCUT2D eigenvalue weighted by molar-refractivity contribution is 9.10. The van der Waals surface area contributed by atoms with Crippen molar-refractivity contribution in [3.8, 4) is 0 Å². The van der Waals surface area contributed by atoms with Crippen molar-refractivity contribution >= 4 is 15.9 Å². The van der Waals surface area contributed by atoms with Gasteiger partial charge in [-0.25, -0.2) is 4.39 Å². The maximum Gasteiger partial charge on any atom is 0.138 e. The van der Waals surface area contributed by atoms with Crippen molar-refractivity contribution in [2.45, 2.75) is 24.9 Å². The third-order valence-corrected chi connectivity index (χ3v) is 2.95. The Bertz CT molecular complexity index is 351. The van der Waals surface area contributed by atoms with Gasteiger partial charge in [0.2, 0.25) is 0 Å². The zero-order chi connectivity index (χ0) is 12.7. The minimum absolute atomic E-state index is 0.0829. The molecule has 0 fully saturated rings. The molecule has 1 atom stereocenters. The number of rotatable bonds is 7. The Morgan fingerprint density at radius 2 is 2.29 bits per heavy atom. The Morgan fingerprint density at radius 1 is 1.53 bits per heavy atom. The lowest BCUT2D eigenvalue weighted by molar-refractivity contribution is 0.0334. The summed E-state index contributed by atoms with van der Waals surface area (Å²) < 4.78 is 20.4. The molecule has 1 unspecified atom stereocenters. The van der Waals surface area contributed by atoms with Crippen LogP contribution in [0.15, 0.2) is 22.9 Å². The maximum atomic E-state index is 14.6. The molecule has 0 aliphatic heterocycles. The Morgan fingerprint density at radius 3 is 2.88 bits per heavy atom. The van der Waals surface area contributed by atoms with E-state index >= 15 is 0 Å². The maximum absolute atomic E-state index is 14.6. The lowest BCUT2D eigenvalue weighted by atomic mass is 9.93. The van der Waals surface area contributed by atoms with E-state index in [1.165, 1.54) is 7.11 Å². The number of nitrogens with two attached hydrogens (primary N) is 1. The number of aromatic nitrogens is 1. The van der Waals surface area contributed by atoms with E-state index < -0.39 is 5.67 Å². The highest BCUT2D eigenvalue weighted by Gasteiger charge is 2.29. The average Bonchev–Trinajstić information content (AvgIpc) is 2.27. The van der Waals surface area contributed by atoms with Gasteiger partial charge in [-0.3, -0.25) is 4.98 Å². The Kier molecular flexibility index (Phi) is 6.02. The summed E-state index contributed by atoms with van der Waals surface area (Å²) in [5.41, 5.74) is 4.91. The largest absolute Gasteiger partial charge is 0.381 e. The summed E-state index contributed by atoms with van der Waals surface area (Å²) in [6.07, 6.45) is 4.72. The molecule has 0 radical (unpaired) electrons. The van der Waals surface area contributed by atoms with Crippen LogP contribution in [0.3, 0.4) is 0 Å². The number of halogens is 2. The number of methoxy groups -OCH3 is 1. The quantitative estimate of drug-likeness (QED) is 0.842. The first-order chi connectivity index (χ1) is 8.09. The molecular weight excluding hydrogens is 287 g/mol. The summed E-state index contributed by atoms with van der Waals surface area (Å²) in [5.74, 6) is 0. The van der Waals surface area contributed by atoms with E-state index in [4.69, 9.17) is 10.5 Å². The predicted molar refractivity (Wildman–Crippen MR) is 69.6 cm³/mol. The van der Waals surface area contributed by atoms with E-state index in [9.17, 15) is 4.39 Å². The van der Waals surface area contributed by atoms with Crippen LogP contribution in [0.1, 0.15) is 18.4 Å². The molecule has 3 nitrogen and oxygen atoms in total. The van der Waals surface area contributed by atoms with E-state index in [1.807, 2.05) is 6.07 Å². The predicted octanol–water partition coefficient (Wildman–Crippen LogP) is 2.48. The molecule has 0 aliphatic carbocycles. The van der Waals surface area contributed by atoms with Gasteiger partial charge in [-0.05, 0) is 46.9 Å². The van der Waals surface area contributed by atoms with Crippen LogP contribution < -0.4 is 5.73 Å². The monoisotopic (exact) mass is 304 g/mol. The topological polar surface area (TPSA) is 48.1 Å². The van der Waals surface area contributed by atoms with Crippen molar-refractivity contribution < 1.29 is 9.13 Å². The number of hydrogen-bond donors (Lipinski definition) is 1. The molecule has 17 heavy (non-hydrogen) atoms. The summed E-state index contributed by atoms with van der Waals surface area (Å²) in [7, 11) is 1.51. The lowest BCUT2D eigenvalue weighted by Gasteiger charge is -2.24. The van der Waals surface area contributed by atoms with Crippen LogP contribution in [-0.2, 0) is 11.2 Å². The fraction of sp³-hybridized carbons (Fsp3) is 0.583. The second-order valence-corrected chi connectivity index (χ2v) is 5.08. The molecule has 0 saturated heterocycles. The molecule has 0 aromatic carbocycles. The van der Waals surface area contributed by atoms with Gasteiger partial charge in [-0.15, -0.1) is 0 Å². The van der Waals surface area contributed by atoms with Crippen LogP contribution in [0.2, 0.25) is 0 Å². The standard InChI is InChI=1S/C12H18BrFN2O/c1-17-9-12(14,3-2-4-15)6-10-5-11(13)8-16-7-10/h5,7-8H,2-4,6,9,15H2,1H3. The van der Waals surface area contributed by atoms with Gasteiger partial charge in [-0.1, -0.05) is 0 Å². The van der Waals surface area contributed by atoms with Crippen molar-refractivity contribution in [1.82, 2.24) is 4.98 Å². The molecule has 0 spiro atoms. The number of pyridine rings is 1. The van der Waals surface area contributed by atoms with Gasteiger partial charge in [0.05, 0.1) is 6.61 Å². The summed E-state index contributed by atoms with van der Waals surface area (Å²) in [5, 5.41) is 0. The van der Waals surface area contributed by atoms with E-state index in [2.05, 4.69) is 20.9 Å². The molecule has 2 N–H and O–H groups in total. The Hall–Kier alpha value is -0.520. The van der Waals surface area contributed by atoms with Gasteiger partial charge in [0, 0.05) is 30.4 Å². The molecule has 0 amide bonds. The summed E-state index contributed by atoms with van der Waals surface area (Å²) in [6, 6.07) is 1.87. The van der Waals surface area contributed by atoms with Crippen LogP contribution in [0, 0.1) is 0 Å². The third-order valence-electron chi connectivity index (χ3n) is 2.51. The summed E-state index contributed by atoms with van der Waals surface area (Å²) in [4.78, 5) is 4.03. The zero-order valence-electron chi connectivity index (χ0n) is 9.96. The molecule has 0 aliphatic rings. The molecule has 0 bridgehead atoms. The van der Waals surface area contributed by atoms with E-state index in [-0.39, 0.29) is 6.61 Å². The second-order valence-electron chi connectivity index (χ2n) is 4.16. The Labute approximate surface area is 110 Å². The molecule has 5 heteroatoms. The first kappa shape index (κ1) is 14.5. The van der Waals surface area contributed by atoms with E-state index in [0.29, 0.717) is 25.8 Å². The molecule has 1 aromatic rings. The second kappa shape index (κ2) is 7.03.